The molecular formula is C15H20N4OS. The van der Waals surface area contributed by atoms with Crippen LogP contribution in [0.15, 0.2) is 17.5 Å². The van der Waals surface area contributed by atoms with E-state index in [0.717, 1.165) is 17.8 Å². The molecule has 0 aliphatic carbocycles. The number of carbonyl (C=O) groups excluding carboxylic acids is 1. The molecule has 0 aromatic carbocycles. The van der Waals surface area contributed by atoms with Crippen molar-refractivity contribution < 1.29 is 4.79 Å². The van der Waals surface area contributed by atoms with Crippen molar-refractivity contribution in [2.75, 3.05) is 11.1 Å². The zero-order valence-corrected chi connectivity index (χ0v) is 13.5. The van der Waals surface area contributed by atoms with Crippen molar-refractivity contribution in [2.24, 2.45) is 0 Å². The van der Waals surface area contributed by atoms with Crippen molar-refractivity contribution >= 4 is 28.2 Å². The summed E-state index contributed by atoms with van der Waals surface area (Å²) < 4.78 is 0. The predicted molar refractivity (Wildman–Crippen MR) is 86.8 cm³/mol. The van der Waals surface area contributed by atoms with E-state index in [9.17, 15) is 4.79 Å². The quantitative estimate of drug-likeness (QED) is 0.912. The van der Waals surface area contributed by atoms with Crippen molar-refractivity contribution in [1.82, 2.24) is 9.97 Å². The van der Waals surface area contributed by atoms with Crippen molar-refractivity contribution in [2.45, 2.75) is 39.5 Å². The fourth-order valence-electron chi connectivity index (χ4n) is 1.77. The number of aryl methyl sites for hydroxylation is 1. The highest BCUT2D eigenvalue weighted by Crippen LogP contribution is 2.26. The molecule has 0 saturated carbocycles. The molecule has 21 heavy (non-hydrogen) atoms. The van der Waals surface area contributed by atoms with Crippen LogP contribution in [0.25, 0.3) is 0 Å². The number of hydrogen-bond acceptors (Lipinski definition) is 5. The molecule has 2 rings (SSSR count). The molecule has 0 atom stereocenters. The van der Waals surface area contributed by atoms with Gasteiger partial charge in [0.2, 0.25) is 0 Å². The van der Waals surface area contributed by atoms with Crippen LogP contribution in [0.1, 0.15) is 49.4 Å². The number of amides is 1. The molecule has 0 spiro atoms. The van der Waals surface area contributed by atoms with Crippen molar-refractivity contribution in [3.63, 3.8) is 0 Å². The number of pyridine rings is 1. The SMILES string of the molecule is CCc1cc(C(=O)Nc2nc(C(C)(C)C)cs2)cc(N)n1. The summed E-state index contributed by atoms with van der Waals surface area (Å²) >= 11 is 1.42. The second-order valence-electron chi connectivity index (χ2n) is 5.87. The lowest BCUT2D eigenvalue weighted by Crippen LogP contribution is -2.15. The third-order valence-electron chi connectivity index (χ3n) is 3.02. The molecule has 1 amide bonds. The summed E-state index contributed by atoms with van der Waals surface area (Å²) in [6.45, 7) is 8.24. The van der Waals surface area contributed by atoms with Gasteiger partial charge in [-0.15, -0.1) is 11.3 Å². The molecule has 3 N–H and O–H groups in total. The fraction of sp³-hybridized carbons (Fsp3) is 0.400. The number of anilines is 2. The number of nitrogens with one attached hydrogen (secondary N) is 1. The fourth-order valence-corrected chi connectivity index (χ4v) is 2.70. The summed E-state index contributed by atoms with van der Waals surface area (Å²) in [5.41, 5.74) is 7.96. The van der Waals surface area contributed by atoms with Gasteiger partial charge in [-0.2, -0.15) is 0 Å². The lowest BCUT2D eigenvalue weighted by molar-refractivity contribution is 0.102. The van der Waals surface area contributed by atoms with E-state index < -0.39 is 0 Å². The number of carbonyl (C=O) groups is 1. The van der Waals surface area contributed by atoms with Gasteiger partial charge in [-0.3, -0.25) is 10.1 Å². The van der Waals surface area contributed by atoms with E-state index in [1.54, 1.807) is 12.1 Å². The topological polar surface area (TPSA) is 80.9 Å². The number of nitrogens with zero attached hydrogens (tertiary/aromatic N) is 2. The van der Waals surface area contributed by atoms with Crippen molar-refractivity contribution in [3.8, 4) is 0 Å². The Morgan fingerprint density at radius 3 is 2.62 bits per heavy atom. The van der Waals surface area contributed by atoms with Gasteiger partial charge in [-0.1, -0.05) is 27.7 Å². The zero-order chi connectivity index (χ0) is 15.6. The molecule has 5 nitrogen and oxygen atoms in total. The van der Waals surface area contributed by atoms with Crippen LogP contribution >= 0.6 is 11.3 Å². The Labute approximate surface area is 128 Å². The van der Waals surface area contributed by atoms with Crippen molar-refractivity contribution in [3.05, 3.63) is 34.5 Å². The summed E-state index contributed by atoms with van der Waals surface area (Å²) in [5, 5.41) is 5.38. The number of nitrogens with two attached hydrogens (primary N) is 1. The maximum Gasteiger partial charge on any atom is 0.257 e. The molecule has 0 fully saturated rings. The molecule has 6 heteroatoms. The van der Waals surface area contributed by atoms with E-state index >= 15 is 0 Å². The summed E-state index contributed by atoms with van der Waals surface area (Å²) in [7, 11) is 0. The average molecular weight is 304 g/mol. The van der Waals surface area contributed by atoms with E-state index in [2.05, 4.69) is 36.1 Å². The van der Waals surface area contributed by atoms with Gasteiger partial charge in [0.15, 0.2) is 5.13 Å². The lowest BCUT2D eigenvalue weighted by Gasteiger charge is -2.14. The smallest absolute Gasteiger partial charge is 0.257 e. The molecule has 0 saturated heterocycles. The van der Waals surface area contributed by atoms with E-state index in [4.69, 9.17) is 5.73 Å². The molecule has 112 valence electrons. The maximum absolute atomic E-state index is 12.3. The first-order chi connectivity index (χ1) is 9.79. The van der Waals surface area contributed by atoms with Gasteiger partial charge in [-0.05, 0) is 18.6 Å². The van der Waals surface area contributed by atoms with Crippen LogP contribution < -0.4 is 11.1 Å². The molecule has 0 aliphatic rings. The first-order valence-electron chi connectivity index (χ1n) is 6.83. The first-order valence-corrected chi connectivity index (χ1v) is 7.71. The average Bonchev–Trinajstić information content (AvgIpc) is 2.86. The Hall–Kier alpha value is -1.95. The summed E-state index contributed by atoms with van der Waals surface area (Å²) in [5.74, 6) is 0.141. The number of rotatable bonds is 3. The van der Waals surface area contributed by atoms with Crippen molar-refractivity contribution in [1.29, 1.82) is 0 Å². The number of hydrogen-bond donors (Lipinski definition) is 2. The van der Waals surface area contributed by atoms with Crippen LogP contribution in [-0.2, 0) is 11.8 Å². The highest BCUT2D eigenvalue weighted by molar-refractivity contribution is 7.14. The number of thiazole rings is 1. The zero-order valence-electron chi connectivity index (χ0n) is 12.7. The van der Waals surface area contributed by atoms with Gasteiger partial charge in [0.1, 0.15) is 5.82 Å². The van der Waals surface area contributed by atoms with Crippen LogP contribution in [0.4, 0.5) is 10.9 Å². The standard InChI is InChI=1S/C15H20N4OS/c1-5-10-6-9(7-12(16)17-10)13(20)19-14-18-11(8-21-14)15(2,3)4/h6-8H,5H2,1-4H3,(H2,16,17)(H,18,19,20). The Morgan fingerprint density at radius 1 is 1.33 bits per heavy atom. The molecule has 2 aromatic rings. The van der Waals surface area contributed by atoms with Gasteiger partial charge in [-0.25, -0.2) is 9.97 Å². The first kappa shape index (κ1) is 15.4. The molecule has 2 aromatic heterocycles. The van der Waals surface area contributed by atoms with Gasteiger partial charge < -0.3 is 5.73 Å². The third-order valence-corrected chi connectivity index (χ3v) is 3.77. The van der Waals surface area contributed by atoms with Crippen LogP contribution in [0, 0.1) is 0 Å². The summed E-state index contributed by atoms with van der Waals surface area (Å²) in [6, 6.07) is 3.33. The molecule has 0 bridgehead atoms. The summed E-state index contributed by atoms with van der Waals surface area (Å²) in [4.78, 5) is 20.9. The second-order valence-corrected chi connectivity index (χ2v) is 6.73. The Morgan fingerprint density at radius 2 is 2.05 bits per heavy atom. The Bertz CT molecular complexity index is 658. The van der Waals surface area contributed by atoms with Gasteiger partial charge in [0.25, 0.3) is 5.91 Å². The molecule has 0 aliphatic heterocycles. The maximum atomic E-state index is 12.3. The van der Waals surface area contributed by atoms with Crippen LogP contribution in [-0.4, -0.2) is 15.9 Å². The monoisotopic (exact) mass is 304 g/mol. The molecule has 0 radical (unpaired) electrons. The predicted octanol–water partition coefficient (Wildman–Crippen LogP) is 3.23. The lowest BCUT2D eigenvalue weighted by atomic mass is 9.93. The minimum Gasteiger partial charge on any atom is -0.384 e. The summed E-state index contributed by atoms with van der Waals surface area (Å²) in [6.07, 6.45) is 0.733. The van der Waals surface area contributed by atoms with Crippen LogP contribution in [0.2, 0.25) is 0 Å². The van der Waals surface area contributed by atoms with Gasteiger partial charge >= 0.3 is 0 Å². The number of aromatic nitrogens is 2. The Kier molecular flexibility index (Phi) is 4.27. The molecule has 0 unspecified atom stereocenters. The minimum atomic E-state index is -0.214. The Balaban J connectivity index is 2.18. The van der Waals surface area contributed by atoms with Crippen LogP contribution in [0.3, 0.4) is 0 Å². The second kappa shape index (κ2) is 5.81. The van der Waals surface area contributed by atoms with E-state index in [0.29, 0.717) is 16.5 Å². The van der Waals surface area contributed by atoms with Gasteiger partial charge in [0.05, 0.1) is 5.69 Å². The van der Waals surface area contributed by atoms with Crippen LogP contribution in [0.5, 0.6) is 0 Å². The largest absolute Gasteiger partial charge is 0.384 e. The normalized spacial score (nSPS) is 11.4. The highest BCUT2D eigenvalue weighted by Gasteiger charge is 2.18. The van der Waals surface area contributed by atoms with E-state index in [-0.39, 0.29) is 11.3 Å². The number of nitrogen functional groups attached to an aromatic ring is 1. The van der Waals surface area contributed by atoms with Gasteiger partial charge in [0, 0.05) is 22.1 Å². The highest BCUT2D eigenvalue weighted by atomic mass is 32.1. The van der Waals surface area contributed by atoms with E-state index in [1.165, 1.54) is 11.3 Å². The minimum absolute atomic E-state index is 0.0318. The molecule has 2 heterocycles. The molecular weight excluding hydrogens is 284 g/mol. The third kappa shape index (κ3) is 3.78. The van der Waals surface area contributed by atoms with E-state index in [1.807, 2.05) is 12.3 Å².